The molecule has 31 heavy (non-hydrogen) atoms. The maximum atomic E-state index is 12.4. The van der Waals surface area contributed by atoms with Crippen molar-refractivity contribution in [3.8, 4) is 11.5 Å². The van der Waals surface area contributed by atoms with Crippen molar-refractivity contribution in [2.24, 2.45) is 14.1 Å². The minimum absolute atomic E-state index is 0.0380. The molecule has 0 saturated carbocycles. The Hall–Kier alpha value is -3.32. The quantitative estimate of drug-likeness (QED) is 0.632. The molecule has 0 bridgehead atoms. The van der Waals surface area contributed by atoms with E-state index in [4.69, 9.17) is 9.47 Å². The van der Waals surface area contributed by atoms with Crippen LogP contribution in [-0.2, 0) is 27.1 Å². The van der Waals surface area contributed by atoms with Crippen molar-refractivity contribution in [1.29, 1.82) is 0 Å². The van der Waals surface area contributed by atoms with Gasteiger partial charge in [0.2, 0.25) is 0 Å². The van der Waals surface area contributed by atoms with Gasteiger partial charge in [0.1, 0.15) is 0 Å². The molecule has 1 aliphatic rings. The molecule has 0 spiro atoms. The Morgan fingerprint density at radius 3 is 2.29 bits per heavy atom. The van der Waals surface area contributed by atoms with Crippen LogP contribution in [0.2, 0.25) is 0 Å². The molecule has 2 heterocycles. The lowest BCUT2D eigenvalue weighted by atomic mass is 9.87. The zero-order valence-electron chi connectivity index (χ0n) is 18.3. The van der Waals surface area contributed by atoms with Gasteiger partial charge in [-0.2, -0.15) is 0 Å². The number of fused-ring (bicyclic) bond motifs is 1. The molecule has 0 amide bonds. The van der Waals surface area contributed by atoms with Crippen LogP contribution in [0, 0.1) is 0 Å². The standard InChI is InChI=1S/C24H27N3O4/c1-25-18(13-22(28)26(2)24(25)29)15-27-11-10-17-12-20(30-3)21(31-4)14-19(17)23(27)16-8-6-5-7-9-16/h5-9,12-14,23H,10-11,15H2,1-4H3. The Morgan fingerprint density at radius 1 is 0.935 bits per heavy atom. The molecular weight excluding hydrogens is 394 g/mol. The Morgan fingerprint density at radius 2 is 1.61 bits per heavy atom. The normalized spacial score (nSPS) is 16.1. The molecule has 4 rings (SSSR count). The fourth-order valence-corrected chi connectivity index (χ4v) is 4.33. The molecule has 1 aliphatic heterocycles. The smallest absolute Gasteiger partial charge is 0.330 e. The van der Waals surface area contributed by atoms with Gasteiger partial charge < -0.3 is 9.47 Å². The molecule has 0 fully saturated rings. The minimum Gasteiger partial charge on any atom is -0.493 e. The molecule has 1 atom stereocenters. The van der Waals surface area contributed by atoms with Gasteiger partial charge in [-0.05, 0) is 35.2 Å². The van der Waals surface area contributed by atoms with E-state index in [0.29, 0.717) is 18.0 Å². The second-order valence-corrected chi connectivity index (χ2v) is 7.81. The zero-order valence-corrected chi connectivity index (χ0v) is 18.3. The highest BCUT2D eigenvalue weighted by Gasteiger charge is 2.31. The third-order valence-electron chi connectivity index (χ3n) is 6.08. The van der Waals surface area contributed by atoms with Gasteiger partial charge in [0.25, 0.3) is 5.56 Å². The third-order valence-corrected chi connectivity index (χ3v) is 6.08. The van der Waals surface area contributed by atoms with E-state index < -0.39 is 0 Å². The summed E-state index contributed by atoms with van der Waals surface area (Å²) in [5.41, 5.74) is 3.58. The van der Waals surface area contributed by atoms with E-state index in [1.165, 1.54) is 12.6 Å². The van der Waals surface area contributed by atoms with E-state index in [-0.39, 0.29) is 17.3 Å². The van der Waals surface area contributed by atoms with Crippen LogP contribution in [0.1, 0.15) is 28.4 Å². The van der Waals surface area contributed by atoms with Crippen LogP contribution < -0.4 is 20.7 Å². The number of hydrogen-bond acceptors (Lipinski definition) is 5. The van der Waals surface area contributed by atoms with Gasteiger partial charge in [0, 0.05) is 38.9 Å². The highest BCUT2D eigenvalue weighted by Crippen LogP contribution is 2.41. The van der Waals surface area contributed by atoms with Crippen LogP contribution in [0.5, 0.6) is 11.5 Å². The van der Waals surface area contributed by atoms with Crippen molar-refractivity contribution in [2.75, 3.05) is 20.8 Å². The maximum absolute atomic E-state index is 12.4. The SMILES string of the molecule is COc1cc2c(cc1OC)C(c1ccccc1)N(Cc1cc(=O)n(C)c(=O)n1C)CC2. The van der Waals surface area contributed by atoms with Gasteiger partial charge in [-0.15, -0.1) is 0 Å². The van der Waals surface area contributed by atoms with Gasteiger partial charge in [-0.25, -0.2) is 4.79 Å². The van der Waals surface area contributed by atoms with Gasteiger partial charge in [-0.3, -0.25) is 18.8 Å². The summed E-state index contributed by atoms with van der Waals surface area (Å²) in [4.78, 5) is 27.0. The molecule has 7 heteroatoms. The summed E-state index contributed by atoms with van der Waals surface area (Å²) in [6.45, 7) is 1.26. The third kappa shape index (κ3) is 3.77. The summed E-state index contributed by atoms with van der Waals surface area (Å²) in [6.07, 6.45) is 0.831. The van der Waals surface area contributed by atoms with E-state index in [1.54, 1.807) is 31.9 Å². The van der Waals surface area contributed by atoms with Gasteiger partial charge in [0.05, 0.1) is 20.3 Å². The molecule has 1 unspecified atom stereocenters. The molecule has 162 valence electrons. The molecule has 1 aromatic heterocycles. The second-order valence-electron chi connectivity index (χ2n) is 7.81. The first-order valence-corrected chi connectivity index (χ1v) is 10.2. The first-order valence-electron chi connectivity index (χ1n) is 10.2. The van der Waals surface area contributed by atoms with Crippen LogP contribution in [0.4, 0.5) is 0 Å². The van der Waals surface area contributed by atoms with Crippen molar-refractivity contribution in [3.63, 3.8) is 0 Å². The van der Waals surface area contributed by atoms with E-state index in [9.17, 15) is 9.59 Å². The number of rotatable bonds is 5. The molecule has 0 N–H and O–H groups in total. The van der Waals surface area contributed by atoms with Crippen LogP contribution in [-0.4, -0.2) is 34.8 Å². The van der Waals surface area contributed by atoms with E-state index in [2.05, 4.69) is 23.1 Å². The van der Waals surface area contributed by atoms with E-state index >= 15 is 0 Å². The number of ether oxygens (including phenoxy) is 2. The summed E-state index contributed by atoms with van der Waals surface area (Å²) in [7, 11) is 6.49. The lowest BCUT2D eigenvalue weighted by molar-refractivity contribution is 0.198. The fraction of sp³-hybridized carbons (Fsp3) is 0.333. The van der Waals surface area contributed by atoms with Crippen LogP contribution in [0.3, 0.4) is 0 Å². The maximum Gasteiger partial charge on any atom is 0.330 e. The topological polar surface area (TPSA) is 65.7 Å². The summed E-state index contributed by atoms with van der Waals surface area (Å²) < 4.78 is 13.8. The Bertz CT molecular complexity index is 1210. The number of benzene rings is 2. The molecule has 3 aromatic rings. The average molecular weight is 421 g/mol. The second kappa shape index (κ2) is 8.43. The molecule has 7 nitrogen and oxygen atoms in total. The van der Waals surface area contributed by atoms with E-state index in [0.717, 1.165) is 34.4 Å². The van der Waals surface area contributed by atoms with Crippen LogP contribution in [0.25, 0.3) is 0 Å². The monoisotopic (exact) mass is 421 g/mol. The van der Waals surface area contributed by atoms with Crippen molar-refractivity contribution in [2.45, 2.75) is 19.0 Å². The molecule has 0 saturated heterocycles. The predicted octanol–water partition coefficient (Wildman–Crippen LogP) is 2.25. The fourth-order valence-electron chi connectivity index (χ4n) is 4.33. The molecule has 2 aromatic carbocycles. The number of hydrogen-bond donors (Lipinski definition) is 0. The van der Waals surface area contributed by atoms with Crippen molar-refractivity contribution in [3.05, 3.63) is 91.8 Å². The molecular formula is C24H27N3O4. The first kappa shape index (κ1) is 20.9. The van der Waals surface area contributed by atoms with Crippen LogP contribution in [0.15, 0.2) is 58.1 Å². The predicted molar refractivity (Wildman–Crippen MR) is 119 cm³/mol. The largest absolute Gasteiger partial charge is 0.493 e. The Balaban J connectivity index is 1.83. The molecule has 0 aliphatic carbocycles. The van der Waals surface area contributed by atoms with Crippen molar-refractivity contribution < 1.29 is 9.47 Å². The average Bonchev–Trinajstić information content (AvgIpc) is 2.80. The summed E-state index contributed by atoms with van der Waals surface area (Å²) in [5.74, 6) is 1.40. The zero-order chi connectivity index (χ0) is 22.1. The van der Waals surface area contributed by atoms with E-state index in [1.807, 2.05) is 24.3 Å². The number of methoxy groups -OCH3 is 2. The summed E-state index contributed by atoms with van der Waals surface area (Å²) in [5, 5.41) is 0. The number of aromatic nitrogens is 2. The van der Waals surface area contributed by atoms with Crippen LogP contribution >= 0.6 is 0 Å². The lowest BCUT2D eigenvalue weighted by Crippen LogP contribution is -2.41. The Labute approximate surface area is 181 Å². The van der Waals surface area contributed by atoms with Gasteiger partial charge in [0.15, 0.2) is 11.5 Å². The van der Waals surface area contributed by atoms with Crippen molar-refractivity contribution >= 4 is 0 Å². The summed E-state index contributed by atoms with van der Waals surface area (Å²) >= 11 is 0. The summed E-state index contributed by atoms with van der Waals surface area (Å²) in [6, 6.07) is 15.9. The molecule has 0 radical (unpaired) electrons. The van der Waals surface area contributed by atoms with Gasteiger partial charge in [-0.1, -0.05) is 30.3 Å². The lowest BCUT2D eigenvalue weighted by Gasteiger charge is -2.38. The first-order chi connectivity index (χ1) is 14.9. The highest BCUT2D eigenvalue weighted by atomic mass is 16.5. The van der Waals surface area contributed by atoms with Crippen molar-refractivity contribution in [1.82, 2.24) is 14.0 Å². The number of nitrogens with zero attached hydrogens (tertiary/aromatic N) is 3. The van der Waals surface area contributed by atoms with Gasteiger partial charge >= 0.3 is 5.69 Å². The minimum atomic E-state index is -0.317. The Kier molecular flexibility index (Phi) is 5.69. The highest BCUT2D eigenvalue weighted by molar-refractivity contribution is 5.51.